The van der Waals surface area contributed by atoms with Gasteiger partial charge in [0, 0.05) is 0 Å². The fourth-order valence-corrected chi connectivity index (χ4v) is 1.59. The third-order valence-corrected chi connectivity index (χ3v) is 2.66. The summed E-state index contributed by atoms with van der Waals surface area (Å²) in [6, 6.07) is 14.6. The molecule has 0 aliphatic heterocycles. The van der Waals surface area contributed by atoms with Crippen LogP contribution in [0.4, 0.5) is 4.39 Å². The van der Waals surface area contributed by atoms with Crippen molar-refractivity contribution in [3.63, 3.8) is 0 Å². The van der Waals surface area contributed by atoms with Crippen molar-refractivity contribution >= 4 is 0 Å². The molecule has 2 rings (SSSR count). The fourth-order valence-electron chi connectivity index (χ4n) is 1.59. The van der Waals surface area contributed by atoms with Crippen molar-refractivity contribution in [2.75, 3.05) is 0 Å². The molecule has 0 aromatic heterocycles. The first-order chi connectivity index (χ1) is 8.29. The Kier molecular flexibility index (Phi) is 3.76. The summed E-state index contributed by atoms with van der Waals surface area (Å²) >= 11 is 0. The number of ether oxygens (including phenoxy) is 1. The molecule has 0 fully saturated rings. The van der Waals surface area contributed by atoms with Crippen molar-refractivity contribution in [2.45, 2.75) is 20.0 Å². The second kappa shape index (κ2) is 5.48. The fraction of sp³-hybridized carbons (Fsp3) is 0.200. The Labute approximate surface area is 101 Å². The molecular formula is C15H15FO. The van der Waals surface area contributed by atoms with Crippen LogP contribution in [0.1, 0.15) is 18.1 Å². The van der Waals surface area contributed by atoms with Crippen LogP contribution < -0.4 is 4.74 Å². The highest BCUT2D eigenvalue weighted by Gasteiger charge is 2.01. The summed E-state index contributed by atoms with van der Waals surface area (Å²) in [5.41, 5.74) is 2.34. The van der Waals surface area contributed by atoms with E-state index in [1.54, 1.807) is 18.2 Å². The summed E-state index contributed by atoms with van der Waals surface area (Å²) in [6.07, 6.45) is 1.02. The van der Waals surface area contributed by atoms with Gasteiger partial charge in [-0.05, 0) is 29.7 Å². The van der Waals surface area contributed by atoms with Gasteiger partial charge in [-0.1, -0.05) is 43.3 Å². The SMILES string of the molecule is CCc1ccc(COc2ccccc2F)cc1. The van der Waals surface area contributed by atoms with E-state index in [2.05, 4.69) is 19.1 Å². The number of aryl methyl sites for hydroxylation is 1. The first-order valence-corrected chi connectivity index (χ1v) is 5.74. The Morgan fingerprint density at radius 2 is 1.59 bits per heavy atom. The van der Waals surface area contributed by atoms with Gasteiger partial charge in [0.2, 0.25) is 0 Å². The molecule has 2 aromatic rings. The highest BCUT2D eigenvalue weighted by atomic mass is 19.1. The van der Waals surface area contributed by atoms with Gasteiger partial charge >= 0.3 is 0 Å². The quantitative estimate of drug-likeness (QED) is 0.772. The van der Waals surface area contributed by atoms with Gasteiger partial charge in [0.25, 0.3) is 0 Å². The van der Waals surface area contributed by atoms with E-state index < -0.39 is 0 Å². The Morgan fingerprint density at radius 3 is 2.24 bits per heavy atom. The monoisotopic (exact) mass is 230 g/mol. The zero-order valence-corrected chi connectivity index (χ0v) is 9.82. The van der Waals surface area contributed by atoms with Crippen LogP contribution in [0, 0.1) is 5.82 Å². The van der Waals surface area contributed by atoms with Gasteiger partial charge in [-0.15, -0.1) is 0 Å². The molecule has 0 heterocycles. The van der Waals surface area contributed by atoms with Crippen molar-refractivity contribution in [2.24, 2.45) is 0 Å². The third kappa shape index (κ3) is 3.06. The molecule has 0 aliphatic carbocycles. The molecule has 0 spiro atoms. The highest BCUT2D eigenvalue weighted by molar-refractivity contribution is 5.25. The number of rotatable bonds is 4. The first-order valence-electron chi connectivity index (χ1n) is 5.74. The largest absolute Gasteiger partial charge is 0.486 e. The minimum Gasteiger partial charge on any atom is -0.486 e. The molecule has 0 saturated heterocycles. The van der Waals surface area contributed by atoms with Gasteiger partial charge in [0.05, 0.1) is 0 Å². The van der Waals surface area contributed by atoms with Crippen molar-refractivity contribution in [3.8, 4) is 5.75 Å². The minimum atomic E-state index is -0.322. The molecule has 0 atom stereocenters. The van der Waals surface area contributed by atoms with Crippen LogP contribution in [-0.4, -0.2) is 0 Å². The van der Waals surface area contributed by atoms with Gasteiger partial charge in [-0.3, -0.25) is 0 Å². The van der Waals surface area contributed by atoms with Crippen LogP contribution in [0.2, 0.25) is 0 Å². The second-order valence-electron chi connectivity index (χ2n) is 3.89. The van der Waals surface area contributed by atoms with Crippen LogP contribution in [0.3, 0.4) is 0 Å². The van der Waals surface area contributed by atoms with E-state index in [4.69, 9.17) is 4.74 Å². The van der Waals surface area contributed by atoms with E-state index in [-0.39, 0.29) is 5.82 Å². The maximum absolute atomic E-state index is 13.3. The highest BCUT2D eigenvalue weighted by Crippen LogP contribution is 2.17. The molecule has 88 valence electrons. The summed E-state index contributed by atoms with van der Waals surface area (Å²) in [5.74, 6) is -0.0234. The molecule has 0 bridgehead atoms. The third-order valence-electron chi connectivity index (χ3n) is 2.66. The lowest BCUT2D eigenvalue weighted by Gasteiger charge is -2.07. The van der Waals surface area contributed by atoms with Crippen molar-refractivity contribution in [1.29, 1.82) is 0 Å². The van der Waals surface area contributed by atoms with Gasteiger partial charge in [0.15, 0.2) is 11.6 Å². The Balaban J connectivity index is 2.00. The number of para-hydroxylation sites is 1. The number of hydrogen-bond donors (Lipinski definition) is 0. The van der Waals surface area contributed by atoms with E-state index >= 15 is 0 Å². The van der Waals surface area contributed by atoms with Crippen molar-refractivity contribution in [1.82, 2.24) is 0 Å². The minimum absolute atomic E-state index is 0.298. The van der Waals surface area contributed by atoms with Gasteiger partial charge in [0.1, 0.15) is 6.61 Å². The molecular weight excluding hydrogens is 215 g/mol. The summed E-state index contributed by atoms with van der Waals surface area (Å²) < 4.78 is 18.7. The van der Waals surface area contributed by atoms with E-state index in [1.165, 1.54) is 11.6 Å². The molecule has 0 amide bonds. The van der Waals surface area contributed by atoms with E-state index in [0.717, 1.165) is 12.0 Å². The maximum Gasteiger partial charge on any atom is 0.165 e. The lowest BCUT2D eigenvalue weighted by molar-refractivity contribution is 0.290. The molecule has 2 aromatic carbocycles. The standard InChI is InChI=1S/C15H15FO/c1-2-12-7-9-13(10-8-12)11-17-15-6-4-3-5-14(15)16/h3-10H,2,11H2,1H3. The van der Waals surface area contributed by atoms with Gasteiger partial charge in [-0.2, -0.15) is 0 Å². The van der Waals surface area contributed by atoms with Gasteiger partial charge in [-0.25, -0.2) is 4.39 Å². The maximum atomic E-state index is 13.3. The summed E-state index contributed by atoms with van der Waals surface area (Å²) in [4.78, 5) is 0. The molecule has 0 aliphatic rings. The molecule has 1 nitrogen and oxygen atoms in total. The molecule has 0 N–H and O–H groups in total. The first kappa shape index (κ1) is 11.6. The topological polar surface area (TPSA) is 9.23 Å². The average Bonchev–Trinajstić information content (AvgIpc) is 2.38. The molecule has 0 saturated carbocycles. The predicted octanol–water partition coefficient (Wildman–Crippen LogP) is 3.97. The van der Waals surface area contributed by atoms with Gasteiger partial charge < -0.3 is 4.74 Å². The smallest absolute Gasteiger partial charge is 0.165 e. The molecule has 2 heteroatoms. The van der Waals surface area contributed by atoms with Crippen molar-refractivity contribution < 1.29 is 9.13 Å². The Hall–Kier alpha value is -1.83. The van der Waals surface area contributed by atoms with E-state index in [0.29, 0.717) is 12.4 Å². The number of hydrogen-bond acceptors (Lipinski definition) is 1. The number of halogens is 1. The Morgan fingerprint density at radius 1 is 0.941 bits per heavy atom. The molecule has 0 radical (unpaired) electrons. The lowest BCUT2D eigenvalue weighted by Crippen LogP contribution is -1.97. The number of benzene rings is 2. The van der Waals surface area contributed by atoms with Crippen LogP contribution in [-0.2, 0) is 13.0 Å². The predicted molar refractivity (Wildman–Crippen MR) is 66.6 cm³/mol. The summed E-state index contributed by atoms with van der Waals surface area (Å²) in [7, 11) is 0. The second-order valence-corrected chi connectivity index (χ2v) is 3.89. The van der Waals surface area contributed by atoms with E-state index in [1.807, 2.05) is 12.1 Å². The molecule has 17 heavy (non-hydrogen) atoms. The van der Waals surface area contributed by atoms with Crippen LogP contribution in [0.15, 0.2) is 48.5 Å². The Bertz CT molecular complexity index is 477. The van der Waals surface area contributed by atoms with E-state index in [9.17, 15) is 4.39 Å². The average molecular weight is 230 g/mol. The van der Waals surface area contributed by atoms with Crippen LogP contribution in [0.5, 0.6) is 5.75 Å². The summed E-state index contributed by atoms with van der Waals surface area (Å²) in [6.45, 7) is 2.51. The lowest BCUT2D eigenvalue weighted by atomic mass is 10.1. The van der Waals surface area contributed by atoms with Crippen LogP contribution in [0.25, 0.3) is 0 Å². The zero-order valence-electron chi connectivity index (χ0n) is 9.82. The summed E-state index contributed by atoms with van der Waals surface area (Å²) in [5, 5.41) is 0. The van der Waals surface area contributed by atoms with Crippen LogP contribution >= 0.6 is 0 Å². The van der Waals surface area contributed by atoms with Crippen molar-refractivity contribution in [3.05, 3.63) is 65.5 Å². The zero-order chi connectivity index (χ0) is 12.1. The normalized spacial score (nSPS) is 10.2. The molecule has 0 unspecified atom stereocenters.